The summed E-state index contributed by atoms with van der Waals surface area (Å²) in [7, 11) is 2.94. The molecule has 0 aliphatic carbocycles. The van der Waals surface area contributed by atoms with Crippen molar-refractivity contribution in [3.8, 4) is 17.2 Å². The minimum Gasteiger partial charge on any atom is -0.496 e. The van der Waals surface area contributed by atoms with Crippen LogP contribution in [0.15, 0.2) is 71.5 Å². The molecular formula is C27H26N4O7. The van der Waals surface area contributed by atoms with Crippen molar-refractivity contribution in [2.24, 2.45) is 5.92 Å². The summed E-state index contributed by atoms with van der Waals surface area (Å²) >= 11 is 0. The number of aromatic nitrogens is 3. The molecule has 0 saturated heterocycles. The van der Waals surface area contributed by atoms with Crippen LogP contribution in [0.5, 0.6) is 17.2 Å². The zero-order valence-electron chi connectivity index (χ0n) is 20.8. The number of amides is 1. The van der Waals surface area contributed by atoms with Gasteiger partial charge in [0.2, 0.25) is 0 Å². The van der Waals surface area contributed by atoms with Crippen molar-refractivity contribution in [3.05, 3.63) is 82.6 Å². The van der Waals surface area contributed by atoms with Crippen LogP contribution in [-0.2, 0) is 11.3 Å². The summed E-state index contributed by atoms with van der Waals surface area (Å²) < 4.78 is 17.4. The number of carboxylic acid groups (broad SMARTS) is 1. The van der Waals surface area contributed by atoms with E-state index in [2.05, 4.69) is 15.6 Å². The number of nitrogens with one attached hydrogen (secondary N) is 1. The topological polar surface area (TPSA) is 142 Å². The van der Waals surface area contributed by atoms with Crippen molar-refractivity contribution in [2.75, 3.05) is 26.1 Å². The number of ether oxygens (including phenoxy) is 3. The molecule has 4 rings (SSSR count). The summed E-state index contributed by atoms with van der Waals surface area (Å²) in [5.41, 5.74) is 0.911. The molecule has 1 atom stereocenters. The largest absolute Gasteiger partial charge is 0.496 e. The number of rotatable bonds is 11. The summed E-state index contributed by atoms with van der Waals surface area (Å²) in [5.74, 6) is -1.18. The lowest BCUT2D eigenvalue weighted by atomic mass is 10.1. The van der Waals surface area contributed by atoms with Crippen LogP contribution in [0.2, 0.25) is 0 Å². The molecule has 0 saturated carbocycles. The highest BCUT2D eigenvalue weighted by Gasteiger charge is 2.20. The Morgan fingerprint density at radius 1 is 0.974 bits per heavy atom. The number of carbonyl (C=O) groups is 2. The van der Waals surface area contributed by atoms with Crippen LogP contribution in [0.25, 0.3) is 10.9 Å². The Labute approximate surface area is 217 Å². The number of methoxy groups -OCH3 is 2. The Kier molecular flexibility index (Phi) is 8.17. The second-order valence-electron chi connectivity index (χ2n) is 8.29. The minimum atomic E-state index is -1.05. The number of anilines is 1. The second-order valence-corrected chi connectivity index (χ2v) is 8.29. The fourth-order valence-electron chi connectivity index (χ4n) is 3.83. The van der Waals surface area contributed by atoms with Crippen LogP contribution >= 0.6 is 0 Å². The van der Waals surface area contributed by atoms with Crippen molar-refractivity contribution in [1.82, 2.24) is 15.0 Å². The van der Waals surface area contributed by atoms with Crippen molar-refractivity contribution in [1.29, 1.82) is 0 Å². The molecule has 11 nitrogen and oxygen atoms in total. The number of aliphatic carboxylic acids is 1. The van der Waals surface area contributed by atoms with E-state index < -0.39 is 17.8 Å². The average Bonchev–Trinajstić information content (AvgIpc) is 2.94. The molecule has 0 spiro atoms. The summed E-state index contributed by atoms with van der Waals surface area (Å²) in [6.45, 7) is -0.0381. The van der Waals surface area contributed by atoms with E-state index in [-0.39, 0.29) is 30.7 Å². The van der Waals surface area contributed by atoms with Crippen molar-refractivity contribution in [2.45, 2.75) is 13.0 Å². The lowest BCUT2D eigenvalue weighted by molar-refractivity contribution is -0.143. The smallest absolute Gasteiger partial charge is 0.310 e. The van der Waals surface area contributed by atoms with Crippen LogP contribution in [0.3, 0.4) is 0 Å². The first-order chi connectivity index (χ1) is 18.4. The van der Waals surface area contributed by atoms with Crippen LogP contribution < -0.4 is 25.1 Å². The van der Waals surface area contributed by atoms with Gasteiger partial charge in [-0.2, -0.15) is 0 Å². The van der Waals surface area contributed by atoms with Gasteiger partial charge in [-0.3, -0.25) is 14.4 Å². The highest BCUT2D eigenvalue weighted by Crippen LogP contribution is 2.29. The molecule has 0 radical (unpaired) electrons. The molecule has 196 valence electrons. The van der Waals surface area contributed by atoms with E-state index in [0.717, 1.165) is 4.68 Å². The molecule has 4 aromatic rings. The zero-order chi connectivity index (χ0) is 27.1. The number of hydrogen-bond donors (Lipinski definition) is 2. The van der Waals surface area contributed by atoms with E-state index in [1.165, 1.54) is 14.2 Å². The summed E-state index contributed by atoms with van der Waals surface area (Å²) in [5, 5.41) is 20.8. The number of benzene rings is 3. The van der Waals surface area contributed by atoms with Crippen LogP contribution in [0.1, 0.15) is 16.8 Å². The number of hydrogen-bond acceptors (Lipinski definition) is 8. The van der Waals surface area contributed by atoms with Crippen molar-refractivity contribution in [3.63, 3.8) is 0 Å². The fraction of sp³-hybridized carbons (Fsp3) is 0.222. The second kappa shape index (κ2) is 11.9. The predicted molar refractivity (Wildman–Crippen MR) is 139 cm³/mol. The molecular weight excluding hydrogens is 492 g/mol. The Hall–Kier alpha value is -4.93. The highest BCUT2D eigenvalue weighted by molar-refractivity contribution is 6.08. The van der Waals surface area contributed by atoms with E-state index in [0.29, 0.717) is 33.8 Å². The van der Waals surface area contributed by atoms with E-state index in [9.17, 15) is 19.5 Å². The number of nitrogens with zero attached hydrogens (tertiary/aromatic N) is 3. The molecule has 3 aromatic carbocycles. The first-order valence-electron chi connectivity index (χ1n) is 11.7. The highest BCUT2D eigenvalue weighted by atomic mass is 16.5. The van der Waals surface area contributed by atoms with Gasteiger partial charge in [-0.25, -0.2) is 4.68 Å². The third kappa shape index (κ3) is 5.89. The van der Waals surface area contributed by atoms with Gasteiger partial charge in [-0.1, -0.05) is 23.4 Å². The van der Waals surface area contributed by atoms with Crippen LogP contribution in [0.4, 0.5) is 5.69 Å². The Balaban J connectivity index is 1.36. The Bertz CT molecular complexity index is 1480. The average molecular weight is 519 g/mol. The normalized spacial score (nSPS) is 11.5. The van der Waals surface area contributed by atoms with Gasteiger partial charge >= 0.3 is 5.97 Å². The van der Waals surface area contributed by atoms with Gasteiger partial charge in [0.15, 0.2) is 0 Å². The molecule has 0 aliphatic rings. The number of carbonyl (C=O) groups excluding carboxylic acids is 1. The molecule has 0 bridgehead atoms. The molecule has 11 heteroatoms. The maximum atomic E-state index is 12.8. The van der Waals surface area contributed by atoms with Crippen molar-refractivity contribution >= 4 is 28.5 Å². The third-order valence-corrected chi connectivity index (χ3v) is 5.89. The van der Waals surface area contributed by atoms with Gasteiger partial charge in [0.05, 0.1) is 25.5 Å². The van der Waals surface area contributed by atoms with E-state index >= 15 is 0 Å². The summed E-state index contributed by atoms with van der Waals surface area (Å²) in [6.07, 6.45) is 0.122. The van der Waals surface area contributed by atoms with Gasteiger partial charge < -0.3 is 24.6 Å². The van der Waals surface area contributed by atoms with E-state index in [1.807, 2.05) is 0 Å². The lowest BCUT2D eigenvalue weighted by Gasteiger charge is -2.15. The molecule has 1 aromatic heterocycles. The van der Waals surface area contributed by atoms with Crippen molar-refractivity contribution < 1.29 is 28.9 Å². The summed E-state index contributed by atoms with van der Waals surface area (Å²) in [6, 6.07) is 18.4. The molecule has 1 amide bonds. The van der Waals surface area contributed by atoms with E-state index in [4.69, 9.17) is 14.2 Å². The molecule has 0 fully saturated rings. The number of carboxylic acids is 1. The number of aryl methyl sites for hydroxylation is 1. The van der Waals surface area contributed by atoms with Crippen LogP contribution in [0, 0.1) is 5.92 Å². The first kappa shape index (κ1) is 26.1. The van der Waals surface area contributed by atoms with Gasteiger partial charge in [0.1, 0.15) is 34.9 Å². The maximum Gasteiger partial charge on any atom is 0.310 e. The zero-order valence-corrected chi connectivity index (χ0v) is 20.8. The Morgan fingerprint density at radius 2 is 1.66 bits per heavy atom. The van der Waals surface area contributed by atoms with Gasteiger partial charge in [-0.05, 0) is 55.0 Å². The maximum absolute atomic E-state index is 12.8. The first-order valence-corrected chi connectivity index (χ1v) is 11.7. The molecule has 38 heavy (non-hydrogen) atoms. The third-order valence-electron chi connectivity index (χ3n) is 5.89. The molecule has 1 heterocycles. The predicted octanol–water partition coefficient (Wildman–Crippen LogP) is 3.23. The lowest BCUT2D eigenvalue weighted by Crippen LogP contribution is -2.28. The number of fused-ring (bicyclic) bond motifs is 1. The monoisotopic (exact) mass is 518 g/mol. The Morgan fingerprint density at radius 3 is 2.32 bits per heavy atom. The van der Waals surface area contributed by atoms with Gasteiger partial charge in [0, 0.05) is 12.2 Å². The molecule has 0 aliphatic heterocycles. The quantitative estimate of drug-likeness (QED) is 0.306. The fourth-order valence-corrected chi connectivity index (χ4v) is 3.83. The SMILES string of the molecule is COc1cccc(OC)c1C(=O)Nc1ccc(OC[C@H](CCn2nnc3ccccc3c2=O)C(=O)O)cc1. The molecule has 2 N–H and O–H groups in total. The van der Waals surface area contributed by atoms with Gasteiger partial charge in [-0.15, -0.1) is 5.10 Å². The minimum absolute atomic E-state index is 0.0778. The summed E-state index contributed by atoms with van der Waals surface area (Å²) in [4.78, 5) is 37.2. The van der Waals surface area contributed by atoms with Crippen LogP contribution in [-0.4, -0.2) is 52.8 Å². The van der Waals surface area contributed by atoms with Gasteiger partial charge in [0.25, 0.3) is 11.5 Å². The van der Waals surface area contributed by atoms with E-state index in [1.54, 1.807) is 66.7 Å². The molecule has 0 unspecified atom stereocenters. The standard InChI is InChI=1S/C27H26N4O7/c1-36-22-8-5-9-23(37-2)24(22)25(32)28-18-10-12-19(13-11-18)38-16-17(27(34)35)14-15-31-26(33)20-6-3-4-7-21(20)29-30-31/h3-13,17H,14-16H2,1-2H3,(H,28,32)(H,34,35)/t17-/m0/s1.